The Labute approximate surface area is 139 Å². The fraction of sp³-hybridized carbons (Fsp3) is 0.562. The molecule has 8 heteroatoms. The van der Waals surface area contributed by atoms with Gasteiger partial charge in [-0.3, -0.25) is 18.7 Å². The number of aryl methyl sites for hydroxylation is 1. The molecule has 5 nitrogen and oxygen atoms in total. The molecule has 0 saturated heterocycles. The molecule has 2 saturated carbocycles. The number of rotatable bonds is 4. The molecule has 0 radical (unpaired) electrons. The summed E-state index contributed by atoms with van der Waals surface area (Å²) in [5.74, 6) is -3.64. The van der Waals surface area contributed by atoms with Gasteiger partial charge in [-0.2, -0.15) is 0 Å². The number of alkyl halides is 2. The second-order valence-electron chi connectivity index (χ2n) is 7.08. The summed E-state index contributed by atoms with van der Waals surface area (Å²) in [7, 11) is 0. The van der Waals surface area contributed by atoms with E-state index in [1.807, 2.05) is 6.92 Å². The van der Waals surface area contributed by atoms with Crippen LogP contribution in [0.2, 0.25) is 0 Å². The van der Waals surface area contributed by atoms with Crippen LogP contribution in [0.4, 0.5) is 8.78 Å². The maximum Gasteiger partial charge on any atom is 0.332 e. The zero-order valence-corrected chi connectivity index (χ0v) is 14.1. The van der Waals surface area contributed by atoms with E-state index in [9.17, 15) is 23.2 Å². The molecule has 0 spiro atoms. The van der Waals surface area contributed by atoms with Gasteiger partial charge < -0.3 is 0 Å². The average Bonchev–Trinajstić information content (AvgIpc) is 3.33. The Kier molecular flexibility index (Phi) is 3.02. The second-order valence-corrected chi connectivity index (χ2v) is 8.11. The molecular formula is C16H16F2N2O3S. The number of thiophene rings is 1. The third-order valence-electron chi connectivity index (χ3n) is 5.23. The van der Waals surface area contributed by atoms with Crippen molar-refractivity contribution in [3.05, 3.63) is 31.3 Å². The van der Waals surface area contributed by atoms with Gasteiger partial charge in [-0.15, -0.1) is 11.3 Å². The van der Waals surface area contributed by atoms with Gasteiger partial charge in [-0.25, -0.2) is 13.6 Å². The Morgan fingerprint density at radius 2 is 1.96 bits per heavy atom. The van der Waals surface area contributed by atoms with Gasteiger partial charge >= 0.3 is 5.69 Å². The zero-order valence-electron chi connectivity index (χ0n) is 13.3. The van der Waals surface area contributed by atoms with Crippen LogP contribution in [0.3, 0.4) is 0 Å². The second kappa shape index (κ2) is 4.62. The number of carbonyl (C=O) groups excluding carboxylic acids is 1. The molecule has 2 aliphatic carbocycles. The lowest BCUT2D eigenvalue weighted by Crippen LogP contribution is -2.44. The molecule has 2 heterocycles. The molecule has 2 aromatic heterocycles. The summed E-state index contributed by atoms with van der Waals surface area (Å²) in [5.41, 5.74) is -1.000. The third kappa shape index (κ3) is 2.05. The zero-order chi connectivity index (χ0) is 17.4. The SMILES string of the molecule is Cc1c(C=O)sc2c1c(=O)n(C1(C)CC1)c(=O)n2CC1CC1(F)F. The number of fused-ring (bicyclic) bond motifs is 1. The Morgan fingerprint density at radius 1 is 1.33 bits per heavy atom. The highest BCUT2D eigenvalue weighted by Gasteiger charge is 2.57. The van der Waals surface area contributed by atoms with Crippen molar-refractivity contribution in [2.24, 2.45) is 5.92 Å². The highest BCUT2D eigenvalue weighted by atomic mass is 32.1. The van der Waals surface area contributed by atoms with Gasteiger partial charge in [0.05, 0.1) is 15.8 Å². The largest absolute Gasteiger partial charge is 0.332 e. The van der Waals surface area contributed by atoms with E-state index in [0.29, 0.717) is 39.8 Å². The summed E-state index contributed by atoms with van der Waals surface area (Å²) in [6.07, 6.45) is 1.80. The van der Waals surface area contributed by atoms with E-state index < -0.39 is 28.6 Å². The highest BCUT2D eigenvalue weighted by molar-refractivity contribution is 7.20. The molecule has 128 valence electrons. The molecule has 0 aliphatic heterocycles. The summed E-state index contributed by atoms with van der Waals surface area (Å²) < 4.78 is 29.2. The van der Waals surface area contributed by atoms with E-state index in [1.165, 1.54) is 9.13 Å². The lowest BCUT2D eigenvalue weighted by molar-refractivity contribution is 0.0949. The van der Waals surface area contributed by atoms with Crippen LogP contribution in [0.1, 0.15) is 41.4 Å². The Balaban J connectivity index is 2.04. The first-order chi connectivity index (χ1) is 11.2. The number of aromatic nitrogens is 2. The van der Waals surface area contributed by atoms with Gasteiger partial charge in [0.15, 0.2) is 6.29 Å². The van der Waals surface area contributed by atoms with Crippen molar-refractivity contribution in [3.8, 4) is 0 Å². The van der Waals surface area contributed by atoms with Crippen LogP contribution in [0.5, 0.6) is 0 Å². The molecular weight excluding hydrogens is 338 g/mol. The minimum atomic E-state index is -2.75. The van der Waals surface area contributed by atoms with Crippen molar-refractivity contribution in [2.45, 2.75) is 51.1 Å². The van der Waals surface area contributed by atoms with Crippen molar-refractivity contribution in [2.75, 3.05) is 0 Å². The molecule has 0 N–H and O–H groups in total. The van der Waals surface area contributed by atoms with Crippen molar-refractivity contribution in [1.29, 1.82) is 0 Å². The Morgan fingerprint density at radius 3 is 2.46 bits per heavy atom. The number of aldehydes is 1. The maximum absolute atomic E-state index is 13.4. The monoisotopic (exact) mass is 354 g/mol. The van der Waals surface area contributed by atoms with Gasteiger partial charge in [-0.1, -0.05) is 0 Å². The molecule has 1 atom stereocenters. The van der Waals surface area contributed by atoms with Gasteiger partial charge in [0.25, 0.3) is 11.5 Å². The number of hydrogen-bond donors (Lipinski definition) is 0. The third-order valence-corrected chi connectivity index (χ3v) is 6.47. The smallest absolute Gasteiger partial charge is 0.297 e. The van der Waals surface area contributed by atoms with Crippen molar-refractivity contribution < 1.29 is 13.6 Å². The molecule has 24 heavy (non-hydrogen) atoms. The standard InChI is InChI=1S/C16H16F2N2O3S/c1-8-10(7-21)24-13-11(8)12(22)20(15(2)3-4-15)14(23)19(13)6-9-5-16(9,17)18/h7,9H,3-6H2,1-2H3. The first kappa shape index (κ1) is 15.7. The topological polar surface area (TPSA) is 61.1 Å². The fourth-order valence-electron chi connectivity index (χ4n) is 3.21. The highest BCUT2D eigenvalue weighted by Crippen LogP contribution is 2.49. The Bertz CT molecular complexity index is 997. The minimum absolute atomic E-state index is 0.128. The van der Waals surface area contributed by atoms with E-state index in [2.05, 4.69) is 0 Å². The normalized spacial score (nSPS) is 23.4. The van der Waals surface area contributed by atoms with Crippen LogP contribution in [-0.4, -0.2) is 21.3 Å². The first-order valence-electron chi connectivity index (χ1n) is 7.82. The van der Waals surface area contributed by atoms with Crippen LogP contribution in [0, 0.1) is 12.8 Å². The molecule has 2 fully saturated rings. The molecule has 0 amide bonds. The van der Waals surface area contributed by atoms with Crippen LogP contribution < -0.4 is 11.2 Å². The summed E-state index contributed by atoms with van der Waals surface area (Å²) in [4.78, 5) is 37.6. The maximum atomic E-state index is 13.4. The van der Waals surface area contributed by atoms with Gasteiger partial charge in [0.2, 0.25) is 0 Å². The first-order valence-corrected chi connectivity index (χ1v) is 8.64. The van der Waals surface area contributed by atoms with Gasteiger partial charge in [0.1, 0.15) is 4.83 Å². The molecule has 0 aromatic carbocycles. The van der Waals surface area contributed by atoms with Crippen molar-refractivity contribution in [1.82, 2.24) is 9.13 Å². The molecule has 0 bridgehead atoms. The van der Waals surface area contributed by atoms with E-state index in [-0.39, 0.29) is 13.0 Å². The predicted octanol–water partition coefficient (Wildman–Crippen LogP) is 2.51. The van der Waals surface area contributed by atoms with Crippen LogP contribution >= 0.6 is 11.3 Å². The number of hydrogen-bond acceptors (Lipinski definition) is 4. The Hall–Kier alpha value is -1.83. The van der Waals surface area contributed by atoms with Crippen LogP contribution in [0.15, 0.2) is 9.59 Å². The quantitative estimate of drug-likeness (QED) is 0.793. The van der Waals surface area contributed by atoms with Crippen LogP contribution in [-0.2, 0) is 12.1 Å². The summed E-state index contributed by atoms with van der Waals surface area (Å²) in [6, 6.07) is 0. The average molecular weight is 354 g/mol. The molecule has 1 unspecified atom stereocenters. The number of carbonyl (C=O) groups is 1. The van der Waals surface area contributed by atoms with Crippen LogP contribution in [0.25, 0.3) is 10.2 Å². The molecule has 2 aliphatic rings. The molecule has 4 rings (SSSR count). The lowest BCUT2D eigenvalue weighted by Gasteiger charge is -2.16. The number of halogens is 2. The predicted molar refractivity (Wildman–Crippen MR) is 86.4 cm³/mol. The summed E-state index contributed by atoms with van der Waals surface area (Å²) in [5, 5.41) is 0.304. The summed E-state index contributed by atoms with van der Waals surface area (Å²) in [6.45, 7) is 3.35. The van der Waals surface area contributed by atoms with Crippen molar-refractivity contribution >= 4 is 27.8 Å². The minimum Gasteiger partial charge on any atom is -0.297 e. The van der Waals surface area contributed by atoms with E-state index in [4.69, 9.17) is 0 Å². The fourth-order valence-corrected chi connectivity index (χ4v) is 4.32. The van der Waals surface area contributed by atoms with Crippen molar-refractivity contribution in [3.63, 3.8) is 0 Å². The number of nitrogens with zero attached hydrogens (tertiary/aromatic N) is 2. The van der Waals surface area contributed by atoms with E-state index in [1.54, 1.807) is 6.92 Å². The van der Waals surface area contributed by atoms with E-state index in [0.717, 1.165) is 11.3 Å². The summed E-state index contributed by atoms with van der Waals surface area (Å²) >= 11 is 1.03. The van der Waals surface area contributed by atoms with E-state index >= 15 is 0 Å². The van der Waals surface area contributed by atoms with Gasteiger partial charge in [0, 0.05) is 18.9 Å². The lowest BCUT2D eigenvalue weighted by atomic mass is 10.2. The molecule has 2 aromatic rings. The van der Waals surface area contributed by atoms with Gasteiger partial charge in [-0.05, 0) is 32.3 Å².